The summed E-state index contributed by atoms with van der Waals surface area (Å²) in [7, 11) is 0. The minimum Gasteiger partial charge on any atom is -0.391 e. The Balaban J connectivity index is 2.94. The fraction of sp³-hybridized carbons (Fsp3) is 0.545. The molecule has 1 aromatic rings. The molecule has 0 saturated heterocycles. The van der Waals surface area contributed by atoms with Crippen LogP contribution in [0.5, 0.6) is 0 Å². The quantitative estimate of drug-likeness (QED) is 0.786. The predicted molar refractivity (Wildman–Crippen MR) is 71.0 cm³/mol. The Morgan fingerprint density at radius 2 is 2.24 bits per heavy atom. The number of aromatic nitrogens is 2. The van der Waals surface area contributed by atoms with Crippen LogP contribution >= 0.6 is 12.2 Å². The minimum atomic E-state index is -0.705. The van der Waals surface area contributed by atoms with E-state index in [-0.39, 0.29) is 10.9 Å². The maximum absolute atomic E-state index is 12.1. The number of hydrogen-bond donors (Lipinski definition) is 2. The molecule has 0 bridgehead atoms. The van der Waals surface area contributed by atoms with Gasteiger partial charge in [-0.15, -0.1) is 0 Å². The predicted octanol–water partition coefficient (Wildman–Crippen LogP) is 1.01. The van der Waals surface area contributed by atoms with Crippen molar-refractivity contribution in [3.63, 3.8) is 0 Å². The highest BCUT2D eigenvalue weighted by atomic mass is 32.1. The van der Waals surface area contributed by atoms with Gasteiger partial charge in [0.15, 0.2) is 0 Å². The highest BCUT2D eigenvalue weighted by Crippen LogP contribution is 2.08. The van der Waals surface area contributed by atoms with E-state index in [1.54, 1.807) is 24.6 Å². The van der Waals surface area contributed by atoms with Crippen molar-refractivity contribution in [1.29, 1.82) is 0 Å². The number of carbonyl (C=O) groups excluding carboxylic acids is 1. The van der Waals surface area contributed by atoms with E-state index in [1.165, 1.54) is 0 Å². The van der Waals surface area contributed by atoms with Gasteiger partial charge >= 0.3 is 0 Å². The SMILES string of the molecule is CCn1nc(C)cc1C(=O)NC(C)(C)C(N)=S. The third-order valence-corrected chi connectivity index (χ3v) is 2.99. The summed E-state index contributed by atoms with van der Waals surface area (Å²) in [5.74, 6) is -0.217. The number of nitrogens with one attached hydrogen (secondary N) is 1. The summed E-state index contributed by atoms with van der Waals surface area (Å²) in [6.07, 6.45) is 0. The van der Waals surface area contributed by atoms with Crippen molar-refractivity contribution in [1.82, 2.24) is 15.1 Å². The number of nitrogens with zero attached hydrogens (tertiary/aromatic N) is 2. The Kier molecular flexibility index (Phi) is 3.87. The zero-order chi connectivity index (χ0) is 13.2. The maximum Gasteiger partial charge on any atom is 0.270 e. The molecule has 17 heavy (non-hydrogen) atoms. The van der Waals surface area contributed by atoms with E-state index in [2.05, 4.69) is 10.4 Å². The van der Waals surface area contributed by atoms with Crippen molar-refractivity contribution >= 4 is 23.1 Å². The van der Waals surface area contributed by atoms with Crippen molar-refractivity contribution in [2.75, 3.05) is 0 Å². The summed E-state index contributed by atoms with van der Waals surface area (Å²) in [4.78, 5) is 12.3. The largest absolute Gasteiger partial charge is 0.391 e. The summed E-state index contributed by atoms with van der Waals surface area (Å²) in [5.41, 5.74) is 6.19. The average Bonchev–Trinajstić information content (AvgIpc) is 2.58. The Labute approximate surface area is 106 Å². The highest BCUT2D eigenvalue weighted by Gasteiger charge is 2.25. The van der Waals surface area contributed by atoms with E-state index in [1.807, 2.05) is 13.8 Å². The molecular weight excluding hydrogens is 236 g/mol. The smallest absolute Gasteiger partial charge is 0.270 e. The molecule has 0 saturated carbocycles. The second-order valence-corrected chi connectivity index (χ2v) is 4.87. The van der Waals surface area contributed by atoms with Gasteiger partial charge in [0.2, 0.25) is 0 Å². The standard InChI is InChI=1S/C11H18N4OS/c1-5-15-8(6-7(2)14-15)9(16)13-11(3,4)10(12)17/h6H,5H2,1-4H3,(H2,12,17)(H,13,16). The molecule has 1 rings (SSSR count). The first-order chi connectivity index (χ1) is 7.77. The van der Waals surface area contributed by atoms with Crippen LogP contribution in [-0.4, -0.2) is 26.2 Å². The normalized spacial score (nSPS) is 11.3. The van der Waals surface area contributed by atoms with E-state index in [0.717, 1.165) is 5.69 Å². The second kappa shape index (κ2) is 4.83. The molecule has 1 aromatic heterocycles. The molecule has 6 heteroatoms. The molecule has 1 amide bonds. The summed E-state index contributed by atoms with van der Waals surface area (Å²) in [6.45, 7) is 7.97. The van der Waals surface area contributed by atoms with Crippen molar-refractivity contribution in [2.24, 2.45) is 5.73 Å². The summed E-state index contributed by atoms with van der Waals surface area (Å²) < 4.78 is 1.65. The van der Waals surface area contributed by atoms with Gasteiger partial charge in [-0.25, -0.2) is 0 Å². The third kappa shape index (κ3) is 3.03. The lowest BCUT2D eigenvalue weighted by atomic mass is 10.1. The summed E-state index contributed by atoms with van der Waals surface area (Å²) in [5, 5.41) is 7.01. The zero-order valence-electron chi connectivity index (χ0n) is 10.6. The molecule has 94 valence electrons. The maximum atomic E-state index is 12.1. The fourth-order valence-electron chi connectivity index (χ4n) is 1.38. The number of amides is 1. The van der Waals surface area contributed by atoms with Crippen molar-refractivity contribution < 1.29 is 4.79 Å². The first-order valence-corrected chi connectivity index (χ1v) is 5.85. The van der Waals surface area contributed by atoms with Crippen LogP contribution in [0.25, 0.3) is 0 Å². The van der Waals surface area contributed by atoms with Crippen LogP contribution in [0, 0.1) is 6.92 Å². The molecule has 0 spiro atoms. The first-order valence-electron chi connectivity index (χ1n) is 5.44. The van der Waals surface area contributed by atoms with Gasteiger partial charge in [-0.1, -0.05) is 12.2 Å². The molecule has 0 aliphatic rings. The Morgan fingerprint density at radius 3 is 2.71 bits per heavy atom. The number of thiocarbonyl (C=S) groups is 1. The molecule has 0 atom stereocenters. The van der Waals surface area contributed by atoms with Crippen LogP contribution < -0.4 is 11.1 Å². The van der Waals surface area contributed by atoms with Gasteiger partial charge in [0.25, 0.3) is 5.91 Å². The van der Waals surface area contributed by atoms with Gasteiger partial charge in [0, 0.05) is 6.54 Å². The Bertz CT molecular complexity index is 450. The van der Waals surface area contributed by atoms with Crippen LogP contribution in [0.15, 0.2) is 6.07 Å². The van der Waals surface area contributed by atoms with Gasteiger partial charge in [-0.2, -0.15) is 5.10 Å². The summed E-state index contributed by atoms with van der Waals surface area (Å²) in [6, 6.07) is 1.74. The van der Waals surface area contributed by atoms with E-state index >= 15 is 0 Å². The van der Waals surface area contributed by atoms with Crippen molar-refractivity contribution in [3.05, 3.63) is 17.5 Å². The van der Waals surface area contributed by atoms with E-state index in [4.69, 9.17) is 18.0 Å². The molecule has 0 fully saturated rings. The number of nitrogens with two attached hydrogens (primary N) is 1. The molecule has 3 N–H and O–H groups in total. The van der Waals surface area contributed by atoms with Gasteiger partial charge in [0.05, 0.1) is 16.2 Å². The number of aryl methyl sites for hydroxylation is 2. The van der Waals surface area contributed by atoms with Crippen LogP contribution in [-0.2, 0) is 6.54 Å². The molecule has 0 radical (unpaired) electrons. The van der Waals surface area contributed by atoms with Gasteiger partial charge in [-0.05, 0) is 33.8 Å². The molecule has 0 aliphatic carbocycles. The number of hydrogen-bond acceptors (Lipinski definition) is 3. The lowest BCUT2D eigenvalue weighted by Crippen LogP contribution is -2.52. The lowest BCUT2D eigenvalue weighted by Gasteiger charge is -2.24. The molecule has 0 aliphatic heterocycles. The van der Waals surface area contributed by atoms with Crippen LogP contribution in [0.3, 0.4) is 0 Å². The fourth-order valence-corrected chi connectivity index (χ4v) is 1.43. The molecule has 0 unspecified atom stereocenters. The topological polar surface area (TPSA) is 72.9 Å². The number of carbonyl (C=O) groups is 1. The minimum absolute atomic E-state index is 0.217. The van der Waals surface area contributed by atoms with Gasteiger partial charge < -0.3 is 11.1 Å². The van der Waals surface area contributed by atoms with Crippen molar-refractivity contribution in [2.45, 2.75) is 39.8 Å². The van der Waals surface area contributed by atoms with Crippen LogP contribution in [0.2, 0.25) is 0 Å². The Hall–Kier alpha value is -1.43. The van der Waals surface area contributed by atoms with Crippen LogP contribution in [0.4, 0.5) is 0 Å². The molecular formula is C11H18N4OS. The third-order valence-electron chi connectivity index (χ3n) is 2.48. The molecule has 5 nitrogen and oxygen atoms in total. The summed E-state index contributed by atoms with van der Waals surface area (Å²) >= 11 is 4.91. The first kappa shape index (κ1) is 13.6. The monoisotopic (exact) mass is 254 g/mol. The average molecular weight is 254 g/mol. The van der Waals surface area contributed by atoms with Gasteiger partial charge in [0.1, 0.15) is 5.69 Å². The van der Waals surface area contributed by atoms with E-state index in [0.29, 0.717) is 12.2 Å². The second-order valence-electron chi connectivity index (χ2n) is 4.43. The molecule has 0 aromatic carbocycles. The van der Waals surface area contributed by atoms with E-state index < -0.39 is 5.54 Å². The van der Waals surface area contributed by atoms with Crippen LogP contribution in [0.1, 0.15) is 37.0 Å². The Morgan fingerprint density at radius 1 is 1.65 bits per heavy atom. The molecule has 1 heterocycles. The van der Waals surface area contributed by atoms with Gasteiger partial charge in [-0.3, -0.25) is 9.48 Å². The zero-order valence-corrected chi connectivity index (χ0v) is 11.4. The van der Waals surface area contributed by atoms with Crippen molar-refractivity contribution in [3.8, 4) is 0 Å². The van der Waals surface area contributed by atoms with E-state index in [9.17, 15) is 4.79 Å². The highest BCUT2D eigenvalue weighted by molar-refractivity contribution is 7.80. The lowest BCUT2D eigenvalue weighted by molar-refractivity contribution is 0.0921. The number of rotatable bonds is 4.